The molecule has 2 N–H and O–H groups in total. The van der Waals surface area contributed by atoms with E-state index in [4.69, 9.17) is 4.74 Å². The van der Waals surface area contributed by atoms with Crippen molar-refractivity contribution in [2.75, 3.05) is 14.2 Å². The molecule has 2 aromatic rings. The van der Waals surface area contributed by atoms with Crippen molar-refractivity contribution in [1.29, 1.82) is 0 Å². The Balaban J connectivity index is 2.08. The molecular weight excluding hydrogens is 352 g/mol. The number of carbonyl (C=O) groups is 1. The first-order valence-corrected chi connectivity index (χ1v) is 9.47. The molecule has 7 heteroatoms. The molecule has 138 valence electrons. The fraction of sp³-hybridized carbons (Fsp3) is 0.211. The molecule has 2 aromatic carbocycles. The first-order valence-electron chi connectivity index (χ1n) is 7.99. The summed E-state index contributed by atoms with van der Waals surface area (Å²) >= 11 is 0. The van der Waals surface area contributed by atoms with Gasteiger partial charge in [-0.3, -0.25) is 4.79 Å². The lowest BCUT2D eigenvalue weighted by atomic mass is 10.1. The molecule has 0 saturated carbocycles. The molecule has 2 rings (SSSR count). The average molecular weight is 374 g/mol. The number of hydrogen-bond acceptors (Lipinski definition) is 4. The van der Waals surface area contributed by atoms with Crippen molar-refractivity contribution in [2.24, 2.45) is 0 Å². The Hall–Kier alpha value is -2.64. The van der Waals surface area contributed by atoms with E-state index >= 15 is 0 Å². The first-order chi connectivity index (χ1) is 12.4. The van der Waals surface area contributed by atoms with Gasteiger partial charge in [-0.2, -0.15) is 0 Å². The highest BCUT2D eigenvalue weighted by atomic mass is 32.2. The maximum atomic E-state index is 12.1. The van der Waals surface area contributed by atoms with E-state index in [0.717, 1.165) is 11.1 Å². The van der Waals surface area contributed by atoms with Crippen LogP contribution in [-0.2, 0) is 21.4 Å². The number of methoxy groups -OCH3 is 1. The molecule has 0 heterocycles. The number of amides is 1. The van der Waals surface area contributed by atoms with Crippen LogP contribution in [0.5, 0.6) is 5.75 Å². The number of rotatable bonds is 7. The summed E-state index contributed by atoms with van der Waals surface area (Å²) in [5.74, 6) is -0.0280. The van der Waals surface area contributed by atoms with Crippen molar-refractivity contribution in [2.45, 2.75) is 18.4 Å². The quantitative estimate of drug-likeness (QED) is 0.728. The van der Waals surface area contributed by atoms with Gasteiger partial charge in [-0.15, -0.1) is 0 Å². The number of aryl methyl sites for hydroxylation is 1. The molecule has 0 aromatic heterocycles. The van der Waals surface area contributed by atoms with Crippen molar-refractivity contribution >= 4 is 22.0 Å². The van der Waals surface area contributed by atoms with Gasteiger partial charge in [-0.1, -0.05) is 35.9 Å². The molecule has 0 unspecified atom stereocenters. The van der Waals surface area contributed by atoms with Gasteiger partial charge in [0.25, 0.3) is 0 Å². The summed E-state index contributed by atoms with van der Waals surface area (Å²) in [6.45, 7) is 2.42. The van der Waals surface area contributed by atoms with Gasteiger partial charge < -0.3 is 10.1 Å². The van der Waals surface area contributed by atoms with Crippen LogP contribution in [0.4, 0.5) is 0 Å². The normalized spacial score (nSPS) is 11.5. The Morgan fingerprint density at radius 2 is 1.85 bits per heavy atom. The highest BCUT2D eigenvalue weighted by molar-refractivity contribution is 7.89. The Kier molecular flexibility index (Phi) is 6.54. The van der Waals surface area contributed by atoms with Gasteiger partial charge >= 0.3 is 0 Å². The highest BCUT2D eigenvalue weighted by Crippen LogP contribution is 2.25. The second-order valence-corrected chi connectivity index (χ2v) is 7.51. The summed E-state index contributed by atoms with van der Waals surface area (Å²) < 4.78 is 31.5. The molecule has 0 atom stereocenters. The highest BCUT2D eigenvalue weighted by Gasteiger charge is 2.17. The summed E-state index contributed by atoms with van der Waals surface area (Å²) in [6, 6.07) is 12.6. The third-order valence-electron chi connectivity index (χ3n) is 3.76. The number of ether oxygens (including phenoxy) is 1. The zero-order valence-electron chi connectivity index (χ0n) is 14.9. The van der Waals surface area contributed by atoms with Crippen LogP contribution in [0.25, 0.3) is 6.08 Å². The minimum Gasteiger partial charge on any atom is -0.495 e. The van der Waals surface area contributed by atoms with Gasteiger partial charge in [-0.05, 0) is 43.3 Å². The Bertz CT molecular complexity index is 904. The summed E-state index contributed by atoms with van der Waals surface area (Å²) in [7, 11) is -0.931. The van der Waals surface area contributed by atoms with Gasteiger partial charge in [0, 0.05) is 12.6 Å². The molecule has 0 aliphatic heterocycles. The number of carbonyl (C=O) groups excluding carboxylic acids is 1. The van der Waals surface area contributed by atoms with Gasteiger partial charge in [0.15, 0.2) is 0 Å². The number of nitrogens with one attached hydrogen (secondary N) is 2. The predicted octanol–water partition coefficient (Wildman–Crippen LogP) is 2.24. The molecule has 0 fully saturated rings. The molecule has 0 aliphatic carbocycles. The maximum Gasteiger partial charge on any atom is 0.244 e. The minimum atomic E-state index is -3.66. The van der Waals surface area contributed by atoms with Crippen LogP contribution in [-0.4, -0.2) is 28.5 Å². The van der Waals surface area contributed by atoms with Crippen LogP contribution in [0, 0.1) is 6.92 Å². The number of hydrogen-bond donors (Lipinski definition) is 2. The molecule has 1 amide bonds. The van der Waals surface area contributed by atoms with Gasteiger partial charge in [-0.25, -0.2) is 13.1 Å². The van der Waals surface area contributed by atoms with Crippen LogP contribution in [0.1, 0.15) is 16.7 Å². The van der Waals surface area contributed by atoms with Crippen molar-refractivity contribution in [1.82, 2.24) is 10.0 Å². The zero-order chi connectivity index (χ0) is 19.2. The summed E-state index contributed by atoms with van der Waals surface area (Å²) in [4.78, 5) is 12.0. The fourth-order valence-electron chi connectivity index (χ4n) is 2.24. The lowest BCUT2D eigenvalue weighted by Gasteiger charge is -2.09. The largest absolute Gasteiger partial charge is 0.495 e. The SMILES string of the molecule is CNS(=O)(=O)c1cc(/C=C/C(=O)NCc2ccc(C)cc2)ccc1OC. The lowest BCUT2D eigenvalue weighted by Crippen LogP contribution is -2.20. The summed E-state index contributed by atoms with van der Waals surface area (Å²) in [6.07, 6.45) is 2.92. The van der Waals surface area contributed by atoms with E-state index in [9.17, 15) is 13.2 Å². The monoisotopic (exact) mass is 374 g/mol. The second kappa shape index (κ2) is 8.64. The van der Waals surface area contributed by atoms with Crippen LogP contribution in [0.3, 0.4) is 0 Å². The van der Waals surface area contributed by atoms with Crippen LogP contribution >= 0.6 is 0 Å². The topological polar surface area (TPSA) is 84.5 Å². The molecule has 0 aliphatic rings. The van der Waals surface area contributed by atoms with Crippen molar-refractivity contribution < 1.29 is 17.9 Å². The Morgan fingerprint density at radius 3 is 2.46 bits per heavy atom. The van der Waals surface area contributed by atoms with E-state index < -0.39 is 10.0 Å². The second-order valence-electron chi connectivity index (χ2n) is 5.65. The molecule has 26 heavy (non-hydrogen) atoms. The third-order valence-corrected chi connectivity index (χ3v) is 5.20. The summed E-state index contributed by atoms with van der Waals surface area (Å²) in [5, 5.41) is 2.79. The molecule has 0 radical (unpaired) electrons. The molecule has 6 nitrogen and oxygen atoms in total. The zero-order valence-corrected chi connectivity index (χ0v) is 15.8. The van der Waals surface area contributed by atoms with Gasteiger partial charge in [0.1, 0.15) is 10.6 Å². The molecular formula is C19H22N2O4S. The third kappa shape index (κ3) is 5.18. The van der Waals surface area contributed by atoms with E-state index in [1.54, 1.807) is 18.2 Å². The number of sulfonamides is 1. The predicted molar refractivity (Wildman–Crippen MR) is 101 cm³/mol. The van der Waals surface area contributed by atoms with E-state index in [1.165, 1.54) is 26.3 Å². The van der Waals surface area contributed by atoms with E-state index in [0.29, 0.717) is 12.1 Å². The molecule has 0 spiro atoms. The van der Waals surface area contributed by atoms with Crippen LogP contribution in [0.2, 0.25) is 0 Å². The minimum absolute atomic E-state index is 0.0183. The number of benzene rings is 2. The summed E-state index contributed by atoms with van der Waals surface area (Å²) in [5.41, 5.74) is 2.74. The Labute approximate surface area is 153 Å². The van der Waals surface area contributed by atoms with Gasteiger partial charge in [0.2, 0.25) is 15.9 Å². The van der Waals surface area contributed by atoms with E-state index in [-0.39, 0.29) is 16.6 Å². The smallest absolute Gasteiger partial charge is 0.244 e. The van der Waals surface area contributed by atoms with Crippen molar-refractivity contribution in [3.05, 3.63) is 65.2 Å². The fourth-order valence-corrected chi connectivity index (χ4v) is 3.17. The van der Waals surface area contributed by atoms with Crippen molar-refractivity contribution in [3.63, 3.8) is 0 Å². The molecule has 0 saturated heterocycles. The van der Waals surface area contributed by atoms with E-state index in [2.05, 4.69) is 10.0 Å². The van der Waals surface area contributed by atoms with Crippen molar-refractivity contribution in [3.8, 4) is 5.75 Å². The lowest BCUT2D eigenvalue weighted by molar-refractivity contribution is -0.116. The Morgan fingerprint density at radius 1 is 1.15 bits per heavy atom. The standard InChI is InChI=1S/C19H22N2O4S/c1-14-4-6-16(7-5-14)13-21-19(22)11-9-15-8-10-17(25-3)18(12-15)26(23,24)20-2/h4-12,20H,13H2,1-3H3,(H,21,22)/b11-9+. The molecule has 0 bridgehead atoms. The van der Waals surface area contributed by atoms with E-state index in [1.807, 2.05) is 31.2 Å². The first kappa shape index (κ1) is 19.7. The maximum absolute atomic E-state index is 12.1. The van der Waals surface area contributed by atoms with Crippen LogP contribution in [0.15, 0.2) is 53.4 Å². The average Bonchev–Trinajstić information content (AvgIpc) is 2.65. The van der Waals surface area contributed by atoms with Crippen LogP contribution < -0.4 is 14.8 Å². The van der Waals surface area contributed by atoms with Gasteiger partial charge in [0.05, 0.1) is 7.11 Å².